The molecule has 2 amide bonds. The average Bonchev–Trinajstić information content (AvgIpc) is 3.06. The molecule has 0 bridgehead atoms. The molecule has 1 aromatic rings. The summed E-state index contributed by atoms with van der Waals surface area (Å²) in [4.78, 5) is 25.9. The van der Waals surface area contributed by atoms with Crippen molar-refractivity contribution in [2.24, 2.45) is 10.8 Å². The third kappa shape index (κ3) is 3.59. The number of carbonyl (C=O) groups excluding carboxylic acids is 2. The molecule has 6 heteroatoms. The summed E-state index contributed by atoms with van der Waals surface area (Å²) in [7, 11) is 0. The summed E-state index contributed by atoms with van der Waals surface area (Å²) in [6, 6.07) is 9.57. The second-order valence-electron chi connectivity index (χ2n) is 6.06. The molecule has 0 aromatic heterocycles. The number of likely N-dealkylation sites (tertiary alicyclic amines) is 1. The van der Waals surface area contributed by atoms with E-state index < -0.39 is 0 Å². The Bertz CT molecular complexity index is 614. The lowest BCUT2D eigenvalue weighted by Gasteiger charge is -2.33. The summed E-state index contributed by atoms with van der Waals surface area (Å²) in [5.41, 5.74) is 7.44. The lowest BCUT2D eigenvalue weighted by molar-refractivity contribution is -0.134. The number of amides is 2. The fraction of sp³-hybridized carbons (Fsp3) is 0.471. The van der Waals surface area contributed by atoms with Crippen LogP contribution in [0.25, 0.3) is 0 Å². The van der Waals surface area contributed by atoms with Gasteiger partial charge in [0.1, 0.15) is 0 Å². The van der Waals surface area contributed by atoms with E-state index in [0.29, 0.717) is 6.54 Å². The minimum Gasteiger partial charge on any atom is -0.368 e. The van der Waals surface area contributed by atoms with E-state index in [-0.39, 0.29) is 24.4 Å². The van der Waals surface area contributed by atoms with E-state index in [0.717, 1.165) is 43.5 Å². The topological polar surface area (TPSA) is 79.0 Å². The van der Waals surface area contributed by atoms with Crippen LogP contribution >= 0.6 is 0 Å². The van der Waals surface area contributed by atoms with Crippen molar-refractivity contribution in [3.63, 3.8) is 0 Å². The predicted octanol–water partition coefficient (Wildman–Crippen LogP) is 0.963. The average molecular weight is 314 g/mol. The molecule has 0 unspecified atom stereocenters. The maximum atomic E-state index is 12.5. The van der Waals surface area contributed by atoms with Crippen LogP contribution in [0, 0.1) is 0 Å². The van der Waals surface area contributed by atoms with Crippen molar-refractivity contribution >= 4 is 17.5 Å². The second kappa shape index (κ2) is 6.91. The van der Waals surface area contributed by atoms with Gasteiger partial charge in [-0.1, -0.05) is 36.8 Å². The summed E-state index contributed by atoms with van der Waals surface area (Å²) in [5, 5.41) is 5.97. The Morgan fingerprint density at radius 1 is 1.17 bits per heavy atom. The first-order valence-electron chi connectivity index (χ1n) is 8.12. The molecule has 0 radical (unpaired) electrons. The lowest BCUT2D eigenvalue weighted by Crippen LogP contribution is -2.51. The fourth-order valence-corrected chi connectivity index (χ4v) is 3.23. The smallest absolute Gasteiger partial charge is 0.256 e. The van der Waals surface area contributed by atoms with Gasteiger partial charge in [-0.2, -0.15) is 5.10 Å². The molecule has 2 aliphatic rings. The van der Waals surface area contributed by atoms with Crippen LogP contribution in [0.5, 0.6) is 0 Å². The Morgan fingerprint density at radius 3 is 2.70 bits per heavy atom. The van der Waals surface area contributed by atoms with E-state index in [9.17, 15) is 9.59 Å². The van der Waals surface area contributed by atoms with E-state index in [1.807, 2.05) is 35.2 Å². The van der Waals surface area contributed by atoms with Crippen molar-refractivity contribution in [2.75, 3.05) is 19.6 Å². The monoisotopic (exact) mass is 314 g/mol. The summed E-state index contributed by atoms with van der Waals surface area (Å²) < 4.78 is 0. The number of piperidine rings is 1. The number of nitrogens with zero attached hydrogens (tertiary/aromatic N) is 3. The molecule has 2 N–H and O–H groups in total. The summed E-state index contributed by atoms with van der Waals surface area (Å²) in [6.07, 6.45) is 3.48. The number of benzene rings is 1. The third-order valence-electron chi connectivity index (χ3n) is 4.48. The molecule has 1 aromatic carbocycles. The van der Waals surface area contributed by atoms with Crippen LogP contribution in [0.3, 0.4) is 0 Å². The number of rotatable bonds is 4. The van der Waals surface area contributed by atoms with Crippen LogP contribution in [0.2, 0.25) is 0 Å². The van der Waals surface area contributed by atoms with E-state index >= 15 is 0 Å². The van der Waals surface area contributed by atoms with Gasteiger partial charge < -0.3 is 5.73 Å². The van der Waals surface area contributed by atoms with Gasteiger partial charge in [-0.25, -0.2) is 5.01 Å². The maximum Gasteiger partial charge on any atom is 0.256 e. The first kappa shape index (κ1) is 15.7. The number of primary amides is 1. The minimum atomic E-state index is -0.340. The molecule has 2 aliphatic heterocycles. The Labute approximate surface area is 135 Å². The van der Waals surface area contributed by atoms with Crippen molar-refractivity contribution in [3.05, 3.63) is 35.9 Å². The second-order valence-corrected chi connectivity index (χ2v) is 6.06. The molecular weight excluding hydrogens is 292 g/mol. The van der Waals surface area contributed by atoms with Crippen molar-refractivity contribution in [2.45, 2.75) is 31.7 Å². The van der Waals surface area contributed by atoms with Crippen LogP contribution in [0.4, 0.5) is 0 Å². The summed E-state index contributed by atoms with van der Waals surface area (Å²) in [6.45, 7) is 1.54. The number of carbonyl (C=O) groups is 2. The van der Waals surface area contributed by atoms with Crippen LogP contribution < -0.4 is 5.73 Å². The third-order valence-corrected chi connectivity index (χ3v) is 4.48. The van der Waals surface area contributed by atoms with Gasteiger partial charge in [-0.3, -0.25) is 14.5 Å². The normalized spacial score (nSPS) is 22.0. The van der Waals surface area contributed by atoms with Crippen molar-refractivity contribution in [1.82, 2.24) is 9.91 Å². The molecule has 3 rings (SSSR count). The molecule has 2 heterocycles. The van der Waals surface area contributed by atoms with Crippen molar-refractivity contribution in [3.8, 4) is 0 Å². The van der Waals surface area contributed by atoms with Crippen LogP contribution in [-0.4, -0.2) is 53.1 Å². The van der Waals surface area contributed by atoms with Crippen LogP contribution in [-0.2, 0) is 9.59 Å². The zero-order valence-corrected chi connectivity index (χ0v) is 13.1. The number of hydrazone groups is 1. The highest BCUT2D eigenvalue weighted by Gasteiger charge is 2.30. The molecule has 1 atom stereocenters. The van der Waals surface area contributed by atoms with Gasteiger partial charge in [-0.05, 0) is 24.9 Å². The van der Waals surface area contributed by atoms with Gasteiger partial charge in [0.15, 0.2) is 0 Å². The zero-order chi connectivity index (χ0) is 16.2. The minimum absolute atomic E-state index is 0.0657. The van der Waals surface area contributed by atoms with Gasteiger partial charge in [-0.15, -0.1) is 0 Å². The largest absolute Gasteiger partial charge is 0.368 e. The summed E-state index contributed by atoms with van der Waals surface area (Å²) in [5.74, 6) is -0.406. The van der Waals surface area contributed by atoms with E-state index in [2.05, 4.69) is 5.10 Å². The quantitative estimate of drug-likeness (QED) is 0.899. The molecule has 1 fully saturated rings. The van der Waals surface area contributed by atoms with E-state index in [4.69, 9.17) is 5.73 Å². The molecule has 23 heavy (non-hydrogen) atoms. The molecule has 1 saturated heterocycles. The van der Waals surface area contributed by atoms with Crippen molar-refractivity contribution in [1.29, 1.82) is 0 Å². The highest BCUT2D eigenvalue weighted by atomic mass is 16.2. The van der Waals surface area contributed by atoms with Gasteiger partial charge in [0.25, 0.3) is 5.91 Å². The highest BCUT2D eigenvalue weighted by molar-refractivity contribution is 6.02. The lowest BCUT2D eigenvalue weighted by atomic mass is 10.0. The molecule has 0 aliphatic carbocycles. The molecule has 0 saturated carbocycles. The van der Waals surface area contributed by atoms with Crippen LogP contribution in [0.1, 0.15) is 31.2 Å². The zero-order valence-electron chi connectivity index (χ0n) is 13.1. The Kier molecular flexibility index (Phi) is 4.71. The molecular formula is C17H22N4O2. The van der Waals surface area contributed by atoms with Gasteiger partial charge >= 0.3 is 0 Å². The maximum absolute atomic E-state index is 12.5. The molecule has 122 valence electrons. The molecule has 0 spiro atoms. The van der Waals surface area contributed by atoms with E-state index in [1.54, 1.807) is 0 Å². The van der Waals surface area contributed by atoms with Crippen molar-refractivity contribution < 1.29 is 9.59 Å². The van der Waals surface area contributed by atoms with Crippen LogP contribution in [0.15, 0.2) is 35.4 Å². The highest BCUT2D eigenvalue weighted by Crippen LogP contribution is 2.18. The van der Waals surface area contributed by atoms with Gasteiger partial charge in [0.05, 0.1) is 24.8 Å². The Hall–Kier alpha value is -2.21. The van der Waals surface area contributed by atoms with E-state index in [1.165, 1.54) is 5.01 Å². The standard InChI is InChI=1S/C17H22N4O2/c18-17(23)15-8-4-5-10-20(15)12-16(22)21-11-9-14(19-21)13-6-2-1-3-7-13/h1-3,6-7,15H,4-5,8-12H2,(H2,18,23)/t15-/m0/s1. The number of hydrogen-bond acceptors (Lipinski definition) is 4. The molecule has 6 nitrogen and oxygen atoms in total. The first-order chi connectivity index (χ1) is 11.1. The van der Waals surface area contributed by atoms with Gasteiger partial charge in [0.2, 0.25) is 5.91 Å². The Balaban J connectivity index is 1.65. The first-order valence-corrected chi connectivity index (χ1v) is 8.12. The number of hydrogen-bond donors (Lipinski definition) is 1. The summed E-state index contributed by atoms with van der Waals surface area (Å²) >= 11 is 0. The fourth-order valence-electron chi connectivity index (χ4n) is 3.23. The SMILES string of the molecule is NC(=O)[C@@H]1CCCCN1CC(=O)N1CCC(c2ccccc2)=N1. The number of nitrogens with two attached hydrogens (primary N) is 1. The van der Waals surface area contributed by atoms with Gasteiger partial charge in [0, 0.05) is 6.42 Å². The Morgan fingerprint density at radius 2 is 1.96 bits per heavy atom. The predicted molar refractivity (Wildman–Crippen MR) is 87.7 cm³/mol.